The summed E-state index contributed by atoms with van der Waals surface area (Å²) >= 11 is 3.40. The number of hydrogen-bond donors (Lipinski definition) is 3. The number of nitrogens with one attached hydrogen (secondary N) is 1. The first-order valence-electron chi connectivity index (χ1n) is 6.44. The van der Waals surface area contributed by atoms with Gasteiger partial charge in [-0.2, -0.15) is 0 Å². The van der Waals surface area contributed by atoms with Crippen LogP contribution < -0.4 is 5.32 Å². The van der Waals surface area contributed by atoms with Gasteiger partial charge in [-0.25, -0.2) is 0 Å². The van der Waals surface area contributed by atoms with Crippen molar-refractivity contribution in [2.24, 2.45) is 0 Å². The Hall–Kier alpha value is -1.52. The second kappa shape index (κ2) is 6.29. The Morgan fingerprint density at radius 3 is 2.15 bits per heavy atom. The zero-order chi connectivity index (χ0) is 14.7. The van der Waals surface area contributed by atoms with Gasteiger partial charge in [0.1, 0.15) is 5.75 Å². The molecule has 0 aromatic heterocycles. The van der Waals surface area contributed by atoms with Gasteiger partial charge in [0.25, 0.3) is 0 Å². The Kier molecular flexibility index (Phi) is 4.68. The predicted octanol–water partition coefficient (Wildman–Crippen LogP) is 3.92. The van der Waals surface area contributed by atoms with E-state index < -0.39 is 0 Å². The van der Waals surface area contributed by atoms with Crippen molar-refractivity contribution in [3.63, 3.8) is 0 Å². The molecule has 0 amide bonds. The molecule has 0 aliphatic carbocycles. The molecule has 0 bridgehead atoms. The van der Waals surface area contributed by atoms with Gasteiger partial charge < -0.3 is 15.5 Å². The number of aryl methyl sites for hydroxylation is 2. The first kappa shape index (κ1) is 14.9. The highest BCUT2D eigenvalue weighted by molar-refractivity contribution is 9.10. The molecule has 0 heterocycles. The topological polar surface area (TPSA) is 52.5 Å². The van der Waals surface area contributed by atoms with E-state index in [2.05, 4.69) is 21.2 Å². The zero-order valence-electron chi connectivity index (χ0n) is 11.5. The molecule has 4 heteroatoms. The molecule has 3 N–H and O–H groups in total. The Bertz CT molecular complexity index is 573. The second-order valence-corrected chi connectivity index (χ2v) is 5.81. The third-order valence-electron chi connectivity index (χ3n) is 3.28. The van der Waals surface area contributed by atoms with Gasteiger partial charge in [-0.05, 0) is 54.8 Å². The highest BCUT2D eigenvalue weighted by Gasteiger charge is 2.13. The molecule has 1 unspecified atom stereocenters. The van der Waals surface area contributed by atoms with Crippen molar-refractivity contribution >= 4 is 21.6 Å². The molecule has 2 aromatic rings. The summed E-state index contributed by atoms with van der Waals surface area (Å²) in [7, 11) is 0. The lowest BCUT2D eigenvalue weighted by atomic mass is 10.0. The fourth-order valence-corrected chi connectivity index (χ4v) is 2.44. The van der Waals surface area contributed by atoms with Crippen LogP contribution in [0.5, 0.6) is 5.75 Å². The van der Waals surface area contributed by atoms with E-state index in [1.165, 1.54) is 0 Å². The van der Waals surface area contributed by atoms with Crippen LogP contribution in [0.3, 0.4) is 0 Å². The summed E-state index contributed by atoms with van der Waals surface area (Å²) in [6, 6.07) is 11.4. The van der Waals surface area contributed by atoms with E-state index in [1.54, 1.807) is 0 Å². The minimum atomic E-state index is -0.200. The molecule has 0 fully saturated rings. The Labute approximate surface area is 127 Å². The molecule has 2 aromatic carbocycles. The molecule has 106 valence electrons. The summed E-state index contributed by atoms with van der Waals surface area (Å²) in [5.74, 6) is 0.314. The minimum Gasteiger partial charge on any atom is -0.507 e. The van der Waals surface area contributed by atoms with E-state index in [0.29, 0.717) is 5.75 Å². The largest absolute Gasteiger partial charge is 0.507 e. The standard InChI is InChI=1S/C16H18BrNO2/c1-10-7-12(8-11(2)16(10)20)15(9-19)18-14-5-3-13(17)4-6-14/h3-8,15,18-20H,9H2,1-2H3. The van der Waals surface area contributed by atoms with Crippen molar-refractivity contribution in [3.8, 4) is 5.75 Å². The van der Waals surface area contributed by atoms with E-state index in [-0.39, 0.29) is 12.6 Å². The molecule has 20 heavy (non-hydrogen) atoms. The average Bonchev–Trinajstić information content (AvgIpc) is 2.43. The summed E-state index contributed by atoms with van der Waals surface area (Å²) in [5, 5.41) is 22.7. The van der Waals surface area contributed by atoms with Crippen LogP contribution in [0, 0.1) is 13.8 Å². The van der Waals surface area contributed by atoms with Gasteiger partial charge in [0, 0.05) is 10.2 Å². The van der Waals surface area contributed by atoms with Crippen LogP contribution in [0.2, 0.25) is 0 Å². The first-order valence-corrected chi connectivity index (χ1v) is 7.23. The van der Waals surface area contributed by atoms with Gasteiger partial charge in [-0.15, -0.1) is 0 Å². The molecule has 1 atom stereocenters. The lowest BCUT2D eigenvalue weighted by Crippen LogP contribution is -2.15. The maximum atomic E-state index is 9.82. The molecule has 3 nitrogen and oxygen atoms in total. The van der Waals surface area contributed by atoms with E-state index in [1.807, 2.05) is 50.2 Å². The maximum absolute atomic E-state index is 9.82. The van der Waals surface area contributed by atoms with E-state index in [0.717, 1.165) is 26.9 Å². The van der Waals surface area contributed by atoms with Gasteiger partial charge in [-0.3, -0.25) is 0 Å². The summed E-state index contributed by atoms with van der Waals surface area (Å²) in [4.78, 5) is 0. The predicted molar refractivity (Wildman–Crippen MR) is 85.2 cm³/mol. The highest BCUT2D eigenvalue weighted by Crippen LogP contribution is 2.28. The third kappa shape index (κ3) is 3.32. The second-order valence-electron chi connectivity index (χ2n) is 4.89. The average molecular weight is 336 g/mol. The Morgan fingerprint density at radius 2 is 1.65 bits per heavy atom. The van der Waals surface area contributed by atoms with Crippen molar-refractivity contribution in [1.82, 2.24) is 0 Å². The number of rotatable bonds is 4. The quantitative estimate of drug-likeness (QED) is 0.793. The van der Waals surface area contributed by atoms with Crippen LogP contribution in [-0.4, -0.2) is 16.8 Å². The number of benzene rings is 2. The van der Waals surface area contributed by atoms with E-state index >= 15 is 0 Å². The lowest BCUT2D eigenvalue weighted by Gasteiger charge is -2.20. The molecule has 0 aliphatic rings. The van der Waals surface area contributed by atoms with Crippen molar-refractivity contribution in [2.45, 2.75) is 19.9 Å². The zero-order valence-corrected chi connectivity index (χ0v) is 13.1. The number of aromatic hydroxyl groups is 1. The van der Waals surface area contributed by atoms with Crippen LogP contribution in [0.25, 0.3) is 0 Å². The smallest absolute Gasteiger partial charge is 0.121 e. The normalized spacial score (nSPS) is 12.2. The molecule has 0 radical (unpaired) electrons. The maximum Gasteiger partial charge on any atom is 0.121 e. The number of halogens is 1. The number of phenolic OH excluding ortho intramolecular Hbond substituents is 1. The summed E-state index contributed by atoms with van der Waals surface area (Å²) in [6.45, 7) is 3.71. The number of phenols is 1. The SMILES string of the molecule is Cc1cc(C(CO)Nc2ccc(Br)cc2)cc(C)c1O. The van der Waals surface area contributed by atoms with Gasteiger partial charge in [0.2, 0.25) is 0 Å². The van der Waals surface area contributed by atoms with Crippen LogP contribution in [0.4, 0.5) is 5.69 Å². The van der Waals surface area contributed by atoms with Crippen LogP contribution in [0.15, 0.2) is 40.9 Å². The van der Waals surface area contributed by atoms with Crippen molar-refractivity contribution in [1.29, 1.82) is 0 Å². The van der Waals surface area contributed by atoms with Crippen molar-refractivity contribution < 1.29 is 10.2 Å². The number of aliphatic hydroxyl groups is 1. The highest BCUT2D eigenvalue weighted by atomic mass is 79.9. The van der Waals surface area contributed by atoms with Crippen molar-refractivity contribution in [3.05, 3.63) is 57.6 Å². The van der Waals surface area contributed by atoms with Crippen molar-refractivity contribution in [2.75, 3.05) is 11.9 Å². The van der Waals surface area contributed by atoms with Crippen LogP contribution >= 0.6 is 15.9 Å². The van der Waals surface area contributed by atoms with Gasteiger partial charge in [0.15, 0.2) is 0 Å². The number of hydrogen-bond acceptors (Lipinski definition) is 3. The van der Waals surface area contributed by atoms with Crippen LogP contribution in [-0.2, 0) is 0 Å². The van der Waals surface area contributed by atoms with Gasteiger partial charge in [-0.1, -0.05) is 28.1 Å². The Morgan fingerprint density at radius 1 is 1.10 bits per heavy atom. The molecule has 2 rings (SSSR count). The third-order valence-corrected chi connectivity index (χ3v) is 3.81. The molecule has 0 saturated heterocycles. The van der Waals surface area contributed by atoms with E-state index in [4.69, 9.17) is 0 Å². The molecular weight excluding hydrogens is 318 g/mol. The van der Waals surface area contributed by atoms with Gasteiger partial charge in [0.05, 0.1) is 12.6 Å². The summed E-state index contributed by atoms with van der Waals surface area (Å²) in [5.41, 5.74) is 3.53. The van der Waals surface area contributed by atoms with E-state index in [9.17, 15) is 10.2 Å². The van der Waals surface area contributed by atoms with Gasteiger partial charge >= 0.3 is 0 Å². The summed E-state index contributed by atoms with van der Waals surface area (Å²) in [6.07, 6.45) is 0. The molecule has 0 saturated carbocycles. The fourth-order valence-electron chi connectivity index (χ4n) is 2.17. The number of anilines is 1. The fraction of sp³-hybridized carbons (Fsp3) is 0.250. The molecular formula is C16H18BrNO2. The molecule has 0 aliphatic heterocycles. The summed E-state index contributed by atoms with van der Waals surface area (Å²) < 4.78 is 1.01. The molecule has 0 spiro atoms. The van der Waals surface area contributed by atoms with Crippen LogP contribution in [0.1, 0.15) is 22.7 Å². The number of aliphatic hydroxyl groups excluding tert-OH is 1. The Balaban J connectivity index is 2.26. The first-order chi connectivity index (χ1) is 9.51. The lowest BCUT2D eigenvalue weighted by molar-refractivity contribution is 0.276. The minimum absolute atomic E-state index is 0.0142. The monoisotopic (exact) mass is 335 g/mol.